The van der Waals surface area contributed by atoms with Crippen molar-refractivity contribution in [1.29, 1.82) is 0 Å². The first kappa shape index (κ1) is 17.3. The number of halogens is 1. The molecule has 0 saturated heterocycles. The number of hydrogen-bond donors (Lipinski definition) is 0. The molecule has 4 heteroatoms. The fourth-order valence-corrected chi connectivity index (χ4v) is 1.38. The van der Waals surface area contributed by atoms with Gasteiger partial charge in [0.15, 0.2) is 0 Å². The summed E-state index contributed by atoms with van der Waals surface area (Å²) in [6.07, 6.45) is 9.05. The molecule has 106 valence electrons. The van der Waals surface area contributed by atoms with Gasteiger partial charge in [-0.3, -0.25) is 4.79 Å². The van der Waals surface area contributed by atoms with Crippen LogP contribution in [0.5, 0.6) is 0 Å². The van der Waals surface area contributed by atoms with Gasteiger partial charge in [-0.05, 0) is 31.8 Å². The summed E-state index contributed by atoms with van der Waals surface area (Å²) in [6.45, 7) is 8.12. The molecule has 0 N–H and O–H groups in total. The van der Waals surface area contributed by atoms with Crippen molar-refractivity contribution >= 4 is 12.1 Å². The summed E-state index contributed by atoms with van der Waals surface area (Å²) in [7, 11) is 1.73. The number of nitrogens with zero attached hydrogens (tertiary/aromatic N) is 2. The van der Waals surface area contributed by atoms with Gasteiger partial charge in [0.2, 0.25) is 11.9 Å². The zero-order valence-corrected chi connectivity index (χ0v) is 12.0. The highest BCUT2D eigenvalue weighted by atomic mass is 19.1. The van der Waals surface area contributed by atoms with Gasteiger partial charge in [0, 0.05) is 25.9 Å². The SMILES string of the molecule is C=C[C@H](C)CCCN(C)C(=O)/C=C/C=C(F)\N=C/C. The third-order valence-electron chi connectivity index (χ3n) is 2.66. The molecule has 1 amide bonds. The Labute approximate surface area is 115 Å². The van der Waals surface area contributed by atoms with E-state index in [4.69, 9.17) is 0 Å². The van der Waals surface area contributed by atoms with Crippen LogP contribution in [0.25, 0.3) is 0 Å². The van der Waals surface area contributed by atoms with Gasteiger partial charge >= 0.3 is 0 Å². The van der Waals surface area contributed by atoms with Crippen LogP contribution in [0.4, 0.5) is 4.39 Å². The van der Waals surface area contributed by atoms with E-state index in [-0.39, 0.29) is 5.91 Å². The molecule has 3 nitrogen and oxygen atoms in total. The molecule has 0 aliphatic carbocycles. The monoisotopic (exact) mass is 266 g/mol. The molecule has 0 aromatic carbocycles. The summed E-state index contributed by atoms with van der Waals surface area (Å²) in [5, 5.41) is 0. The van der Waals surface area contributed by atoms with Crippen molar-refractivity contribution in [1.82, 2.24) is 4.90 Å². The topological polar surface area (TPSA) is 32.7 Å². The number of carbonyl (C=O) groups is 1. The second kappa shape index (κ2) is 10.2. The Morgan fingerprint density at radius 3 is 2.79 bits per heavy atom. The molecule has 0 heterocycles. The Hall–Kier alpha value is -1.71. The lowest BCUT2D eigenvalue weighted by molar-refractivity contribution is -0.124. The number of hydrogen-bond acceptors (Lipinski definition) is 2. The minimum absolute atomic E-state index is 0.143. The smallest absolute Gasteiger partial charge is 0.246 e. The fourth-order valence-electron chi connectivity index (χ4n) is 1.38. The Bertz CT molecular complexity index is 372. The molecule has 0 spiro atoms. The second-order valence-corrected chi connectivity index (χ2v) is 4.35. The van der Waals surface area contributed by atoms with Gasteiger partial charge in [0.25, 0.3) is 0 Å². The average molecular weight is 266 g/mol. The molecule has 0 radical (unpaired) electrons. The van der Waals surface area contributed by atoms with Gasteiger partial charge < -0.3 is 4.90 Å². The van der Waals surface area contributed by atoms with Gasteiger partial charge in [-0.2, -0.15) is 4.39 Å². The summed E-state index contributed by atoms with van der Waals surface area (Å²) < 4.78 is 12.9. The van der Waals surface area contributed by atoms with Crippen molar-refractivity contribution < 1.29 is 9.18 Å². The van der Waals surface area contributed by atoms with Gasteiger partial charge in [-0.1, -0.05) is 19.1 Å². The predicted octanol–water partition coefficient (Wildman–Crippen LogP) is 3.50. The van der Waals surface area contributed by atoms with Gasteiger partial charge in [0.1, 0.15) is 0 Å². The van der Waals surface area contributed by atoms with E-state index < -0.39 is 5.95 Å². The third-order valence-corrected chi connectivity index (χ3v) is 2.66. The van der Waals surface area contributed by atoms with Crippen LogP contribution >= 0.6 is 0 Å². The Morgan fingerprint density at radius 1 is 1.53 bits per heavy atom. The lowest BCUT2D eigenvalue weighted by Gasteiger charge is -2.15. The van der Waals surface area contributed by atoms with Crippen molar-refractivity contribution in [2.24, 2.45) is 10.9 Å². The Balaban J connectivity index is 4.09. The first-order valence-corrected chi connectivity index (χ1v) is 6.41. The number of likely N-dealkylation sites (N-methyl/N-ethyl adjacent to an activating group) is 1. The molecule has 1 atom stereocenters. The van der Waals surface area contributed by atoms with E-state index in [0.717, 1.165) is 18.9 Å². The second-order valence-electron chi connectivity index (χ2n) is 4.35. The quantitative estimate of drug-likeness (QED) is 0.217. The molecule has 0 aliphatic heterocycles. The molecule has 0 aliphatic rings. The van der Waals surface area contributed by atoms with Crippen LogP contribution in [-0.4, -0.2) is 30.6 Å². The van der Waals surface area contributed by atoms with Crippen LogP contribution in [-0.2, 0) is 4.79 Å². The maximum atomic E-state index is 12.9. The molecular formula is C15H23FN2O. The zero-order valence-electron chi connectivity index (χ0n) is 12.0. The maximum absolute atomic E-state index is 12.9. The van der Waals surface area contributed by atoms with Crippen LogP contribution in [0.1, 0.15) is 26.7 Å². The summed E-state index contributed by atoms with van der Waals surface area (Å²) in [5.74, 6) is -0.298. The largest absolute Gasteiger partial charge is 0.342 e. The number of aliphatic imine (C=N–C) groups is 1. The minimum Gasteiger partial charge on any atom is -0.342 e. The van der Waals surface area contributed by atoms with Gasteiger partial charge in [0.05, 0.1) is 0 Å². The van der Waals surface area contributed by atoms with Crippen LogP contribution in [0.3, 0.4) is 0 Å². The molecule has 0 aromatic rings. The van der Waals surface area contributed by atoms with Crippen molar-refractivity contribution in [2.75, 3.05) is 13.6 Å². The first-order chi connectivity index (χ1) is 9.01. The molecule has 19 heavy (non-hydrogen) atoms. The standard InChI is InChI=1S/C15H23FN2O/c1-5-13(3)9-8-12-18(4)15(19)11-7-10-14(16)17-6-2/h5-7,10-11,13H,1,8-9,12H2,2-4H3/b11-7+,14-10-,17-6-/t13-/m0/s1. The molecule has 0 rings (SSSR count). The van der Waals surface area contributed by atoms with Crippen LogP contribution in [0.2, 0.25) is 0 Å². The highest BCUT2D eigenvalue weighted by molar-refractivity contribution is 5.87. The summed E-state index contributed by atoms with van der Waals surface area (Å²) in [5.41, 5.74) is 0. The van der Waals surface area contributed by atoms with Crippen molar-refractivity contribution in [3.05, 3.63) is 36.8 Å². The molecule has 0 saturated carbocycles. The lowest BCUT2D eigenvalue weighted by Crippen LogP contribution is -2.26. The third kappa shape index (κ3) is 8.94. The highest BCUT2D eigenvalue weighted by Gasteiger charge is 2.04. The van der Waals surface area contributed by atoms with Gasteiger partial charge in [-0.15, -0.1) is 6.58 Å². The van der Waals surface area contributed by atoms with Crippen molar-refractivity contribution in [3.63, 3.8) is 0 Å². The van der Waals surface area contributed by atoms with E-state index in [9.17, 15) is 9.18 Å². The highest BCUT2D eigenvalue weighted by Crippen LogP contribution is 2.06. The Morgan fingerprint density at radius 2 is 2.21 bits per heavy atom. The predicted molar refractivity (Wildman–Crippen MR) is 78.7 cm³/mol. The number of carbonyl (C=O) groups excluding carboxylic acids is 1. The normalized spacial score (nSPS) is 14.0. The zero-order chi connectivity index (χ0) is 14.7. The summed E-state index contributed by atoms with van der Waals surface area (Å²) >= 11 is 0. The van der Waals surface area contributed by atoms with Crippen molar-refractivity contribution in [3.8, 4) is 0 Å². The summed E-state index contributed by atoms with van der Waals surface area (Å²) in [6, 6.07) is 0. The van der Waals surface area contributed by atoms with E-state index >= 15 is 0 Å². The number of allylic oxidation sites excluding steroid dienone is 3. The first-order valence-electron chi connectivity index (χ1n) is 6.41. The van der Waals surface area contributed by atoms with Crippen LogP contribution in [0, 0.1) is 5.92 Å². The van der Waals surface area contributed by atoms with E-state index in [0.29, 0.717) is 12.5 Å². The van der Waals surface area contributed by atoms with Crippen LogP contribution < -0.4 is 0 Å². The van der Waals surface area contributed by atoms with E-state index in [1.54, 1.807) is 18.9 Å². The minimum atomic E-state index is -0.617. The van der Waals surface area contributed by atoms with Crippen molar-refractivity contribution in [2.45, 2.75) is 26.7 Å². The molecule has 0 fully saturated rings. The van der Waals surface area contributed by atoms with Gasteiger partial charge in [-0.25, -0.2) is 4.99 Å². The lowest BCUT2D eigenvalue weighted by atomic mass is 10.1. The molecule has 0 unspecified atom stereocenters. The van der Waals surface area contributed by atoms with E-state index in [1.165, 1.54) is 18.4 Å². The van der Waals surface area contributed by atoms with E-state index in [2.05, 4.69) is 18.5 Å². The summed E-state index contributed by atoms with van der Waals surface area (Å²) in [4.78, 5) is 16.7. The number of rotatable bonds is 8. The fraction of sp³-hybridized carbons (Fsp3) is 0.467. The number of amides is 1. The Kier molecular flexibility index (Phi) is 9.31. The maximum Gasteiger partial charge on any atom is 0.246 e. The van der Waals surface area contributed by atoms with Crippen LogP contribution in [0.15, 0.2) is 41.8 Å². The molecule has 0 bridgehead atoms. The molecule has 0 aromatic heterocycles. The van der Waals surface area contributed by atoms with E-state index in [1.807, 2.05) is 6.08 Å². The average Bonchev–Trinajstić information content (AvgIpc) is 2.38. The molecular weight excluding hydrogens is 243 g/mol.